The normalized spacial score (nSPS) is 17.4. The minimum absolute atomic E-state index is 0.452. The van der Waals surface area contributed by atoms with Crippen molar-refractivity contribution in [2.24, 2.45) is 0 Å². The molecule has 4 nitrogen and oxygen atoms in total. The van der Waals surface area contributed by atoms with Crippen LogP contribution in [0, 0.1) is 11.3 Å². The highest BCUT2D eigenvalue weighted by Crippen LogP contribution is 2.34. The number of hydrogen-bond donors (Lipinski definition) is 1. The summed E-state index contributed by atoms with van der Waals surface area (Å²) in [6.45, 7) is 0. The third-order valence-corrected chi connectivity index (χ3v) is 3.08. The molecule has 0 heterocycles. The number of nitrogens with zero attached hydrogens (tertiary/aromatic N) is 1. The molecule has 0 saturated heterocycles. The number of aliphatic carboxylic acids is 1. The Labute approximate surface area is 99.4 Å². The smallest absolute Gasteiger partial charge is 0.348 e. The number of benzene rings is 1. The number of hydrogen-bond acceptors (Lipinski definition) is 3. The Hall–Kier alpha value is -2.02. The molecular weight excluding hydrogens is 218 g/mol. The van der Waals surface area contributed by atoms with Crippen LogP contribution in [0.5, 0.6) is 5.75 Å². The quantitative estimate of drug-likeness (QED) is 0.866. The fourth-order valence-electron chi connectivity index (χ4n) is 2.16. The zero-order valence-electron chi connectivity index (χ0n) is 9.35. The van der Waals surface area contributed by atoms with Crippen molar-refractivity contribution in [1.29, 1.82) is 5.26 Å². The summed E-state index contributed by atoms with van der Waals surface area (Å²) in [5, 5.41) is 18.0. The van der Waals surface area contributed by atoms with Crippen molar-refractivity contribution in [3.8, 4) is 11.8 Å². The van der Waals surface area contributed by atoms with E-state index in [1.54, 1.807) is 24.3 Å². The van der Waals surface area contributed by atoms with E-state index in [4.69, 9.17) is 10.00 Å². The Balaban J connectivity index is 2.24. The molecule has 0 aromatic heterocycles. The fraction of sp³-hybridized carbons (Fsp3) is 0.385. The van der Waals surface area contributed by atoms with E-state index < -0.39 is 11.6 Å². The Morgan fingerprint density at radius 1 is 1.41 bits per heavy atom. The Bertz CT molecular complexity index is 470. The largest absolute Gasteiger partial charge is 0.478 e. The van der Waals surface area contributed by atoms with Gasteiger partial charge in [-0.2, -0.15) is 5.26 Å². The summed E-state index contributed by atoms with van der Waals surface area (Å²) < 4.78 is 5.62. The molecule has 17 heavy (non-hydrogen) atoms. The van der Waals surface area contributed by atoms with E-state index in [9.17, 15) is 9.90 Å². The van der Waals surface area contributed by atoms with Gasteiger partial charge in [-0.25, -0.2) is 4.79 Å². The van der Waals surface area contributed by atoms with Gasteiger partial charge in [-0.1, -0.05) is 6.07 Å². The maximum Gasteiger partial charge on any atom is 0.348 e. The summed E-state index contributed by atoms with van der Waals surface area (Å²) in [4.78, 5) is 11.3. The van der Waals surface area contributed by atoms with Crippen molar-refractivity contribution in [2.75, 3.05) is 0 Å². The van der Waals surface area contributed by atoms with E-state index >= 15 is 0 Å². The van der Waals surface area contributed by atoms with Crippen LogP contribution in [0.4, 0.5) is 0 Å². The van der Waals surface area contributed by atoms with Gasteiger partial charge in [0.15, 0.2) is 0 Å². The zero-order chi connectivity index (χ0) is 12.3. The lowest BCUT2D eigenvalue weighted by Crippen LogP contribution is -2.41. The molecule has 1 aliphatic carbocycles. The van der Waals surface area contributed by atoms with Gasteiger partial charge in [-0.15, -0.1) is 0 Å². The molecule has 0 aliphatic heterocycles. The molecule has 4 heteroatoms. The molecule has 1 fully saturated rings. The standard InChI is InChI=1S/C13H13NO3/c14-9-10-4-3-5-11(8-10)17-13(12(15)16)6-1-2-7-13/h3-5,8H,1-2,6-7H2,(H,15,16). The summed E-state index contributed by atoms with van der Waals surface area (Å²) in [6, 6.07) is 8.62. The number of carboxylic acid groups (broad SMARTS) is 1. The van der Waals surface area contributed by atoms with Gasteiger partial charge >= 0.3 is 5.97 Å². The van der Waals surface area contributed by atoms with Crippen LogP contribution in [0.3, 0.4) is 0 Å². The van der Waals surface area contributed by atoms with Gasteiger partial charge in [0.25, 0.3) is 0 Å². The third kappa shape index (κ3) is 2.23. The van der Waals surface area contributed by atoms with Crippen molar-refractivity contribution in [1.82, 2.24) is 0 Å². The molecule has 1 N–H and O–H groups in total. The van der Waals surface area contributed by atoms with Crippen molar-refractivity contribution in [3.05, 3.63) is 29.8 Å². The van der Waals surface area contributed by atoms with Crippen molar-refractivity contribution < 1.29 is 14.6 Å². The monoisotopic (exact) mass is 231 g/mol. The fourth-order valence-corrected chi connectivity index (χ4v) is 2.16. The summed E-state index contributed by atoms with van der Waals surface area (Å²) >= 11 is 0. The number of ether oxygens (including phenoxy) is 1. The summed E-state index contributed by atoms with van der Waals surface area (Å²) in [7, 11) is 0. The highest BCUT2D eigenvalue weighted by Gasteiger charge is 2.43. The summed E-state index contributed by atoms with van der Waals surface area (Å²) in [6.07, 6.45) is 2.78. The maximum atomic E-state index is 11.3. The zero-order valence-corrected chi connectivity index (χ0v) is 9.35. The van der Waals surface area contributed by atoms with Gasteiger partial charge < -0.3 is 9.84 Å². The molecule has 88 valence electrons. The molecule has 0 spiro atoms. The number of carbonyl (C=O) groups is 1. The second-order valence-corrected chi connectivity index (χ2v) is 4.25. The molecule has 0 bridgehead atoms. The van der Waals surface area contributed by atoms with Crippen LogP contribution in [-0.4, -0.2) is 16.7 Å². The van der Waals surface area contributed by atoms with Crippen LogP contribution in [0.25, 0.3) is 0 Å². The Kier molecular flexibility index (Phi) is 3.01. The van der Waals surface area contributed by atoms with Gasteiger partial charge in [-0.05, 0) is 43.9 Å². The van der Waals surface area contributed by atoms with Gasteiger partial charge in [0.2, 0.25) is 5.60 Å². The van der Waals surface area contributed by atoms with Gasteiger partial charge in [0.05, 0.1) is 11.6 Å². The average Bonchev–Trinajstić information content (AvgIpc) is 2.79. The molecule has 0 amide bonds. The average molecular weight is 231 g/mol. The first kappa shape index (κ1) is 11.5. The molecule has 1 saturated carbocycles. The van der Waals surface area contributed by atoms with Crippen molar-refractivity contribution >= 4 is 5.97 Å². The van der Waals surface area contributed by atoms with E-state index in [2.05, 4.69) is 0 Å². The minimum Gasteiger partial charge on any atom is -0.478 e. The van der Waals surface area contributed by atoms with Crippen LogP contribution in [0.2, 0.25) is 0 Å². The van der Waals surface area contributed by atoms with E-state index in [0.717, 1.165) is 12.8 Å². The Morgan fingerprint density at radius 2 is 2.12 bits per heavy atom. The number of nitriles is 1. The second-order valence-electron chi connectivity index (χ2n) is 4.25. The molecule has 0 unspecified atom stereocenters. The predicted molar refractivity (Wildman–Crippen MR) is 60.6 cm³/mol. The Morgan fingerprint density at radius 3 is 2.71 bits per heavy atom. The molecule has 2 rings (SSSR count). The van der Waals surface area contributed by atoms with Gasteiger partial charge in [-0.3, -0.25) is 0 Å². The van der Waals surface area contributed by atoms with E-state index in [1.165, 1.54) is 0 Å². The first-order valence-corrected chi connectivity index (χ1v) is 5.59. The molecular formula is C13H13NO3. The first-order valence-electron chi connectivity index (χ1n) is 5.59. The number of carboxylic acids is 1. The number of rotatable bonds is 3. The van der Waals surface area contributed by atoms with E-state index in [-0.39, 0.29) is 0 Å². The molecule has 0 radical (unpaired) electrons. The van der Waals surface area contributed by atoms with Gasteiger partial charge in [0, 0.05) is 0 Å². The topological polar surface area (TPSA) is 70.3 Å². The molecule has 1 aromatic carbocycles. The lowest BCUT2D eigenvalue weighted by molar-refractivity contribution is -0.154. The van der Waals surface area contributed by atoms with Crippen LogP contribution >= 0.6 is 0 Å². The summed E-state index contributed by atoms with van der Waals surface area (Å²) in [5.41, 5.74) is -0.630. The van der Waals surface area contributed by atoms with Crippen LogP contribution in [0.15, 0.2) is 24.3 Å². The van der Waals surface area contributed by atoms with Crippen LogP contribution < -0.4 is 4.74 Å². The van der Waals surface area contributed by atoms with E-state index in [1.807, 2.05) is 6.07 Å². The first-order chi connectivity index (χ1) is 8.16. The van der Waals surface area contributed by atoms with E-state index in [0.29, 0.717) is 24.2 Å². The minimum atomic E-state index is -1.10. The van der Waals surface area contributed by atoms with Crippen molar-refractivity contribution in [2.45, 2.75) is 31.3 Å². The maximum absolute atomic E-state index is 11.3. The van der Waals surface area contributed by atoms with Crippen LogP contribution in [-0.2, 0) is 4.79 Å². The lowest BCUT2D eigenvalue weighted by Gasteiger charge is -2.25. The predicted octanol–water partition coefficient (Wildman–Crippen LogP) is 2.33. The lowest BCUT2D eigenvalue weighted by atomic mass is 10.0. The molecule has 1 aliphatic rings. The second kappa shape index (κ2) is 4.46. The highest BCUT2D eigenvalue weighted by molar-refractivity contribution is 5.78. The SMILES string of the molecule is N#Cc1cccc(OC2(C(=O)O)CCCC2)c1. The molecule has 0 atom stereocenters. The highest BCUT2D eigenvalue weighted by atomic mass is 16.5. The van der Waals surface area contributed by atoms with Crippen LogP contribution in [0.1, 0.15) is 31.2 Å². The molecule has 1 aromatic rings. The van der Waals surface area contributed by atoms with Gasteiger partial charge in [0.1, 0.15) is 5.75 Å². The summed E-state index contributed by atoms with van der Waals surface area (Å²) in [5.74, 6) is -0.467. The van der Waals surface area contributed by atoms with Crippen molar-refractivity contribution in [3.63, 3.8) is 0 Å². The third-order valence-electron chi connectivity index (χ3n) is 3.08.